The van der Waals surface area contributed by atoms with Crippen LogP contribution in [0.2, 0.25) is 0 Å². The summed E-state index contributed by atoms with van der Waals surface area (Å²) in [5.74, 6) is 0.336. The largest absolute Gasteiger partial charge is 0.439 e. The molecule has 35 heavy (non-hydrogen) atoms. The molecule has 1 fully saturated rings. The summed E-state index contributed by atoms with van der Waals surface area (Å²) in [4.78, 5) is 25.3. The Labute approximate surface area is 199 Å². The molecule has 1 aliphatic rings. The molecule has 0 unspecified atom stereocenters. The van der Waals surface area contributed by atoms with Crippen molar-refractivity contribution in [1.82, 2.24) is 14.9 Å². The molecule has 0 aliphatic carbocycles. The smallest absolute Gasteiger partial charge is 0.417 e. The number of hydrogen-bond donors (Lipinski definition) is 0. The van der Waals surface area contributed by atoms with E-state index in [9.17, 15) is 18.0 Å². The van der Waals surface area contributed by atoms with Gasteiger partial charge in [0.15, 0.2) is 0 Å². The fourth-order valence-electron chi connectivity index (χ4n) is 3.98. The van der Waals surface area contributed by atoms with E-state index in [1.165, 1.54) is 6.07 Å². The van der Waals surface area contributed by atoms with Gasteiger partial charge in [-0.1, -0.05) is 24.3 Å². The van der Waals surface area contributed by atoms with Crippen LogP contribution in [-0.2, 0) is 6.18 Å². The van der Waals surface area contributed by atoms with E-state index in [0.717, 1.165) is 36.4 Å². The summed E-state index contributed by atoms with van der Waals surface area (Å²) in [5, 5.41) is 0.736. The second kappa shape index (κ2) is 9.25. The minimum absolute atomic E-state index is 0.0479. The third-order valence-electron chi connectivity index (χ3n) is 5.85. The molecule has 4 aromatic rings. The van der Waals surface area contributed by atoms with Gasteiger partial charge in [-0.2, -0.15) is 13.2 Å². The van der Waals surface area contributed by atoms with Crippen LogP contribution >= 0.6 is 0 Å². The van der Waals surface area contributed by atoms with E-state index in [2.05, 4.69) is 27.0 Å². The first-order chi connectivity index (χ1) is 16.9. The number of carbonyl (C=O) groups is 1. The molecule has 0 saturated carbocycles. The molecule has 1 saturated heterocycles. The number of hydrogen-bond acceptors (Lipinski definition) is 5. The maximum absolute atomic E-state index is 13.0. The molecule has 178 valence electrons. The molecule has 0 spiro atoms. The lowest BCUT2D eigenvalue weighted by molar-refractivity contribution is -0.137. The van der Waals surface area contributed by atoms with Gasteiger partial charge >= 0.3 is 6.18 Å². The second-order valence-corrected chi connectivity index (χ2v) is 8.15. The first kappa shape index (κ1) is 22.6. The zero-order chi connectivity index (χ0) is 24.4. The zero-order valence-electron chi connectivity index (χ0n) is 18.6. The maximum atomic E-state index is 13.0. The van der Waals surface area contributed by atoms with Crippen LogP contribution in [0.5, 0.6) is 11.6 Å². The van der Waals surface area contributed by atoms with E-state index < -0.39 is 11.7 Å². The van der Waals surface area contributed by atoms with E-state index in [1.54, 1.807) is 35.2 Å². The van der Waals surface area contributed by atoms with Gasteiger partial charge in [0, 0.05) is 49.5 Å². The van der Waals surface area contributed by atoms with E-state index in [-0.39, 0.29) is 11.8 Å². The Hall–Kier alpha value is -4.14. The minimum Gasteiger partial charge on any atom is -0.439 e. The summed E-state index contributed by atoms with van der Waals surface area (Å²) in [6.45, 7) is 2.73. The Morgan fingerprint density at radius 3 is 2.34 bits per heavy atom. The van der Waals surface area contributed by atoms with Gasteiger partial charge in [0.25, 0.3) is 5.91 Å². The number of fused-ring (bicyclic) bond motifs is 1. The van der Waals surface area contributed by atoms with Crippen LogP contribution in [-0.4, -0.2) is 47.0 Å². The number of halogens is 3. The number of alkyl halides is 3. The summed E-state index contributed by atoms with van der Waals surface area (Å²) >= 11 is 0. The SMILES string of the molecule is O=C(c1ccc2cc(Oc3ccc(C(F)(F)F)cn3)ccc2n1)N1CCN(c2ccccc2)CC1. The number of anilines is 1. The summed E-state index contributed by atoms with van der Waals surface area (Å²) in [6.07, 6.45) is -3.72. The van der Waals surface area contributed by atoms with E-state index in [4.69, 9.17) is 4.74 Å². The molecular formula is C26H21F3N4O2. The van der Waals surface area contributed by atoms with Gasteiger partial charge in [0.05, 0.1) is 11.1 Å². The Balaban J connectivity index is 1.25. The minimum atomic E-state index is -4.45. The van der Waals surface area contributed by atoms with Gasteiger partial charge < -0.3 is 14.5 Å². The van der Waals surface area contributed by atoms with Crippen LogP contribution < -0.4 is 9.64 Å². The molecule has 2 aromatic carbocycles. The van der Waals surface area contributed by atoms with Gasteiger partial charge in [-0.25, -0.2) is 9.97 Å². The third kappa shape index (κ3) is 5.03. The van der Waals surface area contributed by atoms with Crippen LogP contribution in [0.25, 0.3) is 10.9 Å². The highest BCUT2D eigenvalue weighted by Crippen LogP contribution is 2.30. The number of nitrogens with zero attached hydrogens (tertiary/aromatic N) is 4. The van der Waals surface area contributed by atoms with Crippen LogP contribution in [0.15, 0.2) is 79.0 Å². The quantitative estimate of drug-likeness (QED) is 0.393. The number of amides is 1. The normalized spacial score (nSPS) is 14.3. The lowest BCUT2D eigenvalue weighted by atomic mass is 10.1. The summed E-state index contributed by atoms with van der Waals surface area (Å²) < 4.78 is 43.7. The highest BCUT2D eigenvalue weighted by molar-refractivity contribution is 5.95. The summed E-state index contributed by atoms with van der Waals surface area (Å²) in [7, 11) is 0. The van der Waals surface area contributed by atoms with E-state index >= 15 is 0 Å². The predicted molar refractivity (Wildman–Crippen MR) is 126 cm³/mol. The molecule has 0 N–H and O–H groups in total. The van der Waals surface area contributed by atoms with Crippen molar-refractivity contribution in [3.05, 3.63) is 90.3 Å². The van der Waals surface area contributed by atoms with E-state index in [1.807, 2.05) is 18.2 Å². The second-order valence-electron chi connectivity index (χ2n) is 8.15. The topological polar surface area (TPSA) is 58.6 Å². The molecule has 2 aromatic heterocycles. The van der Waals surface area contributed by atoms with Gasteiger partial charge in [-0.3, -0.25) is 4.79 Å². The molecule has 3 heterocycles. The fourth-order valence-corrected chi connectivity index (χ4v) is 3.98. The Bertz CT molecular complexity index is 1340. The van der Waals surface area contributed by atoms with E-state index in [0.29, 0.717) is 30.0 Å². The van der Waals surface area contributed by atoms with Crippen molar-refractivity contribution >= 4 is 22.5 Å². The molecule has 5 rings (SSSR count). The van der Waals surface area contributed by atoms with Crippen molar-refractivity contribution in [3.8, 4) is 11.6 Å². The summed E-state index contributed by atoms with van der Waals surface area (Å²) in [6, 6.07) is 20.7. The Kier molecular flexibility index (Phi) is 5.98. The molecule has 1 aliphatic heterocycles. The monoisotopic (exact) mass is 478 g/mol. The van der Waals surface area contributed by atoms with Crippen molar-refractivity contribution in [2.24, 2.45) is 0 Å². The number of pyridine rings is 2. The number of aromatic nitrogens is 2. The van der Waals surface area contributed by atoms with Gasteiger partial charge in [0.1, 0.15) is 11.4 Å². The number of piperazine rings is 1. The number of carbonyl (C=O) groups excluding carboxylic acids is 1. The molecule has 6 nitrogen and oxygen atoms in total. The predicted octanol–water partition coefficient (Wildman–Crippen LogP) is 5.40. The Morgan fingerprint density at radius 2 is 1.66 bits per heavy atom. The molecule has 0 radical (unpaired) electrons. The zero-order valence-corrected chi connectivity index (χ0v) is 18.6. The first-order valence-corrected chi connectivity index (χ1v) is 11.1. The maximum Gasteiger partial charge on any atom is 0.417 e. The van der Waals surface area contributed by atoms with Crippen molar-refractivity contribution in [2.45, 2.75) is 6.18 Å². The van der Waals surface area contributed by atoms with Crippen molar-refractivity contribution in [2.75, 3.05) is 31.1 Å². The average Bonchev–Trinajstić information content (AvgIpc) is 2.88. The number of ether oxygens (including phenoxy) is 1. The highest BCUT2D eigenvalue weighted by Gasteiger charge is 2.30. The Morgan fingerprint density at radius 1 is 0.886 bits per heavy atom. The standard InChI is InChI=1S/C26H21F3N4O2/c27-26(28,29)19-7-11-24(30-17-19)35-21-8-10-22-18(16-21)6-9-23(31-22)25(34)33-14-12-32(13-15-33)20-4-2-1-3-5-20/h1-11,16-17H,12-15H2. The number of para-hydroxylation sites is 1. The van der Waals surface area contributed by atoms with Crippen LogP contribution in [0.1, 0.15) is 16.1 Å². The van der Waals surface area contributed by atoms with Crippen molar-refractivity contribution in [3.63, 3.8) is 0 Å². The first-order valence-electron chi connectivity index (χ1n) is 11.1. The lowest BCUT2D eigenvalue weighted by Crippen LogP contribution is -2.49. The molecule has 9 heteroatoms. The lowest BCUT2D eigenvalue weighted by Gasteiger charge is -2.36. The highest BCUT2D eigenvalue weighted by atomic mass is 19.4. The fraction of sp³-hybridized carbons (Fsp3) is 0.192. The summed E-state index contributed by atoms with van der Waals surface area (Å²) in [5.41, 5.74) is 1.29. The van der Waals surface area contributed by atoms with Crippen LogP contribution in [0.4, 0.5) is 18.9 Å². The molecule has 0 atom stereocenters. The molecule has 0 bridgehead atoms. The molecular weight excluding hydrogens is 457 g/mol. The third-order valence-corrected chi connectivity index (χ3v) is 5.85. The average molecular weight is 478 g/mol. The van der Waals surface area contributed by atoms with Gasteiger partial charge in [0.2, 0.25) is 5.88 Å². The van der Waals surface area contributed by atoms with Crippen molar-refractivity contribution in [1.29, 1.82) is 0 Å². The number of benzene rings is 2. The van der Waals surface area contributed by atoms with Gasteiger partial charge in [-0.15, -0.1) is 0 Å². The van der Waals surface area contributed by atoms with Crippen LogP contribution in [0.3, 0.4) is 0 Å². The number of rotatable bonds is 4. The van der Waals surface area contributed by atoms with Crippen molar-refractivity contribution < 1.29 is 22.7 Å². The van der Waals surface area contributed by atoms with Crippen LogP contribution in [0, 0.1) is 0 Å². The molecule has 1 amide bonds. The van der Waals surface area contributed by atoms with Gasteiger partial charge in [-0.05, 0) is 42.5 Å².